The minimum absolute atomic E-state index is 0. The molecule has 0 saturated carbocycles. The van der Waals surface area contributed by atoms with Gasteiger partial charge in [-0.05, 0) is 63.8 Å². The van der Waals surface area contributed by atoms with Crippen LogP contribution in [-0.2, 0) is 0 Å². The van der Waals surface area contributed by atoms with Crippen LogP contribution in [0.25, 0.3) is 33.9 Å². The fourth-order valence-corrected chi connectivity index (χ4v) is 5.65. The van der Waals surface area contributed by atoms with Crippen molar-refractivity contribution in [2.45, 2.75) is 41.5 Å². The van der Waals surface area contributed by atoms with Crippen LogP contribution < -0.4 is 17.0 Å². The molecule has 0 unspecified atom stereocenters. The third-order valence-electron chi connectivity index (χ3n) is 6.78. The van der Waals surface area contributed by atoms with Gasteiger partial charge in [0.15, 0.2) is 11.4 Å². The van der Waals surface area contributed by atoms with E-state index in [9.17, 15) is 0 Å². The van der Waals surface area contributed by atoms with Gasteiger partial charge in [-0.1, -0.05) is 96.1 Å². The molecule has 0 N–H and O–H groups in total. The standard InChI is InChI=1S/C33H33N2.ClH/c1-22-17-24(3)30(25(4)18-22)34-21-35(31-26(5)19-23(2)20-27(31)6)33(29-15-11-8-12-16-29)32(34)28-13-9-7-10-14-28;/h7-21H,1-6H3;1H/q+1;/p-1. The molecule has 0 fully saturated rings. The Kier molecular flexibility index (Phi) is 7.19. The number of aryl methyl sites for hydroxylation is 6. The number of halogens is 1. The normalized spacial score (nSPS) is 10.8. The number of hydrogen-bond acceptors (Lipinski definition) is 0. The molecule has 0 atom stereocenters. The maximum Gasteiger partial charge on any atom is 0.255 e. The largest absolute Gasteiger partial charge is 1.00 e. The number of rotatable bonds is 4. The zero-order valence-corrected chi connectivity index (χ0v) is 22.7. The smallest absolute Gasteiger partial charge is 0.255 e. The lowest BCUT2D eigenvalue weighted by Crippen LogP contribution is -3.00. The van der Waals surface area contributed by atoms with Gasteiger partial charge in [0.1, 0.15) is 11.4 Å². The second kappa shape index (κ2) is 10.2. The van der Waals surface area contributed by atoms with Crippen molar-refractivity contribution < 1.29 is 17.0 Å². The van der Waals surface area contributed by atoms with Gasteiger partial charge in [-0.15, -0.1) is 0 Å². The minimum Gasteiger partial charge on any atom is -1.00 e. The summed E-state index contributed by atoms with van der Waals surface area (Å²) in [7, 11) is 0. The maximum atomic E-state index is 2.40. The molecule has 1 heterocycles. The van der Waals surface area contributed by atoms with E-state index in [1.807, 2.05) is 0 Å². The first-order chi connectivity index (χ1) is 16.8. The van der Waals surface area contributed by atoms with Crippen molar-refractivity contribution in [1.82, 2.24) is 4.57 Å². The van der Waals surface area contributed by atoms with Crippen molar-refractivity contribution >= 4 is 0 Å². The average Bonchev–Trinajstić information content (AvgIpc) is 3.18. The number of benzene rings is 4. The molecule has 5 rings (SSSR count). The summed E-state index contributed by atoms with van der Waals surface area (Å²) in [6.07, 6.45) is 2.29. The van der Waals surface area contributed by atoms with E-state index in [4.69, 9.17) is 0 Å². The van der Waals surface area contributed by atoms with Gasteiger partial charge in [0.2, 0.25) is 0 Å². The van der Waals surface area contributed by atoms with E-state index in [0.29, 0.717) is 0 Å². The van der Waals surface area contributed by atoms with E-state index in [-0.39, 0.29) is 12.4 Å². The molecule has 0 aliphatic heterocycles. The highest BCUT2D eigenvalue weighted by Crippen LogP contribution is 2.36. The third-order valence-corrected chi connectivity index (χ3v) is 6.78. The Morgan fingerprint density at radius 2 is 1.00 bits per heavy atom. The van der Waals surface area contributed by atoms with E-state index >= 15 is 0 Å². The lowest BCUT2D eigenvalue weighted by atomic mass is 10.0. The molecule has 0 aliphatic rings. The number of imidazole rings is 1. The lowest BCUT2D eigenvalue weighted by Gasteiger charge is -2.11. The molecule has 0 radical (unpaired) electrons. The second-order valence-corrected chi connectivity index (χ2v) is 9.78. The first kappa shape index (κ1) is 25.5. The van der Waals surface area contributed by atoms with E-state index < -0.39 is 0 Å². The van der Waals surface area contributed by atoms with Gasteiger partial charge >= 0.3 is 0 Å². The highest BCUT2D eigenvalue weighted by atomic mass is 35.5. The molecule has 182 valence electrons. The van der Waals surface area contributed by atoms with Gasteiger partial charge in [-0.25, -0.2) is 0 Å². The Morgan fingerprint density at radius 3 is 1.50 bits per heavy atom. The first-order valence-corrected chi connectivity index (χ1v) is 12.3. The average molecular weight is 493 g/mol. The van der Waals surface area contributed by atoms with Gasteiger partial charge in [0, 0.05) is 11.1 Å². The molecule has 3 heteroatoms. The van der Waals surface area contributed by atoms with Crippen molar-refractivity contribution in [3.63, 3.8) is 0 Å². The zero-order chi connectivity index (χ0) is 24.7. The van der Waals surface area contributed by atoms with Crippen LogP contribution in [0.3, 0.4) is 0 Å². The van der Waals surface area contributed by atoms with Gasteiger partial charge in [-0.2, -0.15) is 9.13 Å². The Balaban J connectivity index is 0.00000304. The molecule has 0 aliphatic carbocycles. The van der Waals surface area contributed by atoms with Crippen molar-refractivity contribution in [1.29, 1.82) is 0 Å². The van der Waals surface area contributed by atoms with E-state index in [0.717, 1.165) is 0 Å². The summed E-state index contributed by atoms with van der Waals surface area (Å²) in [5.74, 6) is 0. The van der Waals surface area contributed by atoms with Gasteiger partial charge in [0.25, 0.3) is 6.33 Å². The van der Waals surface area contributed by atoms with Crippen LogP contribution in [0.4, 0.5) is 0 Å². The predicted octanol–water partition coefficient (Wildman–Crippen LogP) is 4.94. The lowest BCUT2D eigenvalue weighted by molar-refractivity contribution is -0.584. The van der Waals surface area contributed by atoms with Crippen LogP contribution in [0.1, 0.15) is 33.4 Å². The molecule has 0 bridgehead atoms. The summed E-state index contributed by atoms with van der Waals surface area (Å²) >= 11 is 0. The van der Waals surface area contributed by atoms with Gasteiger partial charge in [-0.3, -0.25) is 0 Å². The quantitative estimate of drug-likeness (QED) is 0.314. The van der Waals surface area contributed by atoms with Gasteiger partial charge in [0.05, 0.1) is 0 Å². The first-order valence-electron chi connectivity index (χ1n) is 12.3. The van der Waals surface area contributed by atoms with Crippen molar-refractivity contribution in [2.75, 3.05) is 0 Å². The monoisotopic (exact) mass is 492 g/mol. The molecule has 5 aromatic rings. The Hall–Kier alpha value is -3.62. The van der Waals surface area contributed by atoms with Crippen molar-refractivity contribution in [2.24, 2.45) is 0 Å². The Labute approximate surface area is 221 Å². The van der Waals surface area contributed by atoms with E-state index in [1.54, 1.807) is 0 Å². The molecular formula is C33H33ClN2. The van der Waals surface area contributed by atoms with Crippen LogP contribution in [0.5, 0.6) is 0 Å². The number of nitrogens with zero attached hydrogens (tertiary/aromatic N) is 2. The number of aromatic nitrogens is 2. The molecule has 0 spiro atoms. The van der Waals surface area contributed by atoms with Crippen LogP contribution >= 0.6 is 0 Å². The predicted molar refractivity (Wildman–Crippen MR) is 147 cm³/mol. The highest BCUT2D eigenvalue weighted by Gasteiger charge is 2.31. The van der Waals surface area contributed by atoms with Gasteiger partial charge < -0.3 is 12.4 Å². The van der Waals surface area contributed by atoms with Crippen molar-refractivity contribution in [3.8, 4) is 33.9 Å². The summed E-state index contributed by atoms with van der Waals surface area (Å²) in [4.78, 5) is 0. The third kappa shape index (κ3) is 4.50. The minimum atomic E-state index is 0. The summed E-state index contributed by atoms with van der Waals surface area (Å²) in [6, 6.07) is 30.7. The SMILES string of the molecule is Cc1cc(C)c(-n2c[n+](-c3c(C)cc(C)cc3C)c(-c3ccccc3)c2-c2ccccc2)c(C)c1.[Cl-]. The van der Waals surface area contributed by atoms with Crippen molar-refractivity contribution in [3.05, 3.63) is 125 Å². The summed E-state index contributed by atoms with van der Waals surface area (Å²) in [6.45, 7) is 13.2. The summed E-state index contributed by atoms with van der Waals surface area (Å²) in [5, 5.41) is 0. The molecular weight excluding hydrogens is 460 g/mol. The van der Waals surface area contributed by atoms with E-state index in [1.165, 1.54) is 67.3 Å². The highest BCUT2D eigenvalue weighted by molar-refractivity contribution is 5.79. The second-order valence-electron chi connectivity index (χ2n) is 9.78. The zero-order valence-electron chi connectivity index (χ0n) is 21.9. The van der Waals surface area contributed by atoms with Crippen LogP contribution in [0.2, 0.25) is 0 Å². The van der Waals surface area contributed by atoms with Crippen LogP contribution in [-0.4, -0.2) is 4.57 Å². The summed E-state index contributed by atoms with van der Waals surface area (Å²) in [5.41, 5.74) is 15.0. The van der Waals surface area contributed by atoms with E-state index in [2.05, 4.69) is 142 Å². The topological polar surface area (TPSA) is 8.81 Å². The Bertz CT molecular complexity index is 1370. The number of hydrogen-bond donors (Lipinski definition) is 0. The maximum absolute atomic E-state index is 2.40. The summed E-state index contributed by atoms with van der Waals surface area (Å²) < 4.78 is 4.81. The molecule has 4 aromatic carbocycles. The molecule has 36 heavy (non-hydrogen) atoms. The molecule has 2 nitrogen and oxygen atoms in total. The van der Waals surface area contributed by atoms with Crippen LogP contribution in [0.15, 0.2) is 91.3 Å². The fourth-order valence-electron chi connectivity index (χ4n) is 5.65. The van der Waals surface area contributed by atoms with Crippen LogP contribution in [0, 0.1) is 41.5 Å². The fraction of sp³-hybridized carbons (Fsp3) is 0.182. The Morgan fingerprint density at radius 1 is 0.556 bits per heavy atom. The molecule has 0 saturated heterocycles. The molecule has 1 aromatic heterocycles. The molecule has 0 amide bonds.